The van der Waals surface area contributed by atoms with Crippen LogP contribution in [-0.2, 0) is 13.4 Å². The topological polar surface area (TPSA) is 40.8 Å². The van der Waals surface area contributed by atoms with Gasteiger partial charge in [0.2, 0.25) is 5.69 Å². The molecule has 0 aliphatic carbocycles. The van der Waals surface area contributed by atoms with Crippen molar-refractivity contribution in [1.29, 1.82) is 5.26 Å². The number of pyridine rings is 1. The Labute approximate surface area is 162 Å². The maximum Gasteiger partial charge on any atom is 0.216 e. The Hall–Kier alpha value is -3.12. The lowest BCUT2D eigenvalue weighted by Crippen LogP contribution is -2.30. The van der Waals surface area contributed by atoms with Crippen LogP contribution in [-0.4, -0.2) is 0 Å². The number of aromatic nitrogens is 1. The highest BCUT2D eigenvalue weighted by atomic mass is 16.3. The number of rotatable bonds is 3. The summed E-state index contributed by atoms with van der Waals surface area (Å²) in [5, 5.41) is 11.7. The molecule has 0 saturated heterocycles. The second-order valence-electron chi connectivity index (χ2n) is 7.21. The van der Waals surface area contributed by atoms with E-state index in [0.29, 0.717) is 11.1 Å². The van der Waals surface area contributed by atoms with E-state index in [0.717, 1.165) is 33.2 Å². The van der Waals surface area contributed by atoms with Gasteiger partial charge in [-0.05, 0) is 36.4 Å². The van der Waals surface area contributed by atoms with Gasteiger partial charge < -0.3 is 4.42 Å². The normalized spacial score (nSPS) is 13.0. The van der Waals surface area contributed by atoms with Crippen molar-refractivity contribution in [2.24, 2.45) is 13.0 Å². The first kappa shape index (κ1) is 15.0. The van der Waals surface area contributed by atoms with Crippen molar-refractivity contribution < 1.29 is 11.7 Å². The first-order chi connectivity index (χ1) is 13.8. The summed E-state index contributed by atoms with van der Waals surface area (Å²) in [4.78, 5) is 0. The molecule has 2 aromatic carbocycles. The molecule has 0 saturated carbocycles. The summed E-state index contributed by atoms with van der Waals surface area (Å²) in [5.74, 6) is -0.266. The van der Waals surface area contributed by atoms with Gasteiger partial charge in [0.25, 0.3) is 0 Å². The van der Waals surface area contributed by atoms with Crippen molar-refractivity contribution in [3.05, 3.63) is 65.4 Å². The highest BCUT2D eigenvalue weighted by Crippen LogP contribution is 2.38. The maximum absolute atomic E-state index is 9.89. The fourth-order valence-corrected chi connectivity index (χ4v) is 3.65. The molecule has 0 radical (unpaired) electrons. The Morgan fingerprint density at radius 2 is 1.85 bits per heavy atom. The van der Waals surface area contributed by atoms with Crippen LogP contribution in [0.2, 0.25) is 0 Å². The molecule has 4 rings (SSSR count). The lowest BCUT2D eigenvalue weighted by Gasteiger charge is -2.06. The van der Waals surface area contributed by atoms with Gasteiger partial charge in [0.15, 0.2) is 11.8 Å². The van der Waals surface area contributed by atoms with Crippen LogP contribution in [0.15, 0.2) is 53.1 Å². The van der Waals surface area contributed by atoms with Gasteiger partial charge in [-0.1, -0.05) is 38.1 Å². The summed E-state index contributed by atoms with van der Waals surface area (Å²) in [6.45, 7) is 5.69. The summed E-state index contributed by atoms with van der Waals surface area (Å²) >= 11 is 0. The van der Waals surface area contributed by atoms with Gasteiger partial charge >= 0.3 is 0 Å². The number of hydrogen-bond donors (Lipinski definition) is 0. The SMILES string of the molecule is [2H]C([2H])(c1ccc2c(oc3c(-c4cccc[n+]4C)c(C)ccc32)c1C#N)C(C)C. The molecule has 0 N–H and O–H groups in total. The molecule has 0 fully saturated rings. The molecule has 2 heterocycles. The van der Waals surface area contributed by atoms with E-state index in [1.54, 1.807) is 6.07 Å². The fraction of sp³-hybridized carbons (Fsp3) is 0.250. The third-order valence-corrected chi connectivity index (χ3v) is 4.88. The van der Waals surface area contributed by atoms with E-state index in [-0.39, 0.29) is 11.5 Å². The smallest absolute Gasteiger partial charge is 0.216 e. The minimum atomic E-state index is -1.62. The van der Waals surface area contributed by atoms with Gasteiger partial charge in [0, 0.05) is 25.6 Å². The van der Waals surface area contributed by atoms with E-state index in [4.69, 9.17) is 7.16 Å². The second-order valence-corrected chi connectivity index (χ2v) is 7.21. The second kappa shape index (κ2) is 6.55. The Bertz CT molecular complexity index is 1300. The third kappa shape index (κ3) is 2.78. The zero-order chi connectivity index (χ0) is 20.9. The van der Waals surface area contributed by atoms with E-state index in [2.05, 4.69) is 12.1 Å². The summed E-state index contributed by atoms with van der Waals surface area (Å²) in [6, 6.07) is 15.9. The number of hydrogen-bond acceptors (Lipinski definition) is 2. The standard InChI is InChI=1S/C24H23N2O/c1-15(2)13-17-9-11-18-19-10-8-16(3)22(21-7-5-6-12-26(21)4)24(19)27-23(18)20(17)14-25/h5-12,15H,13H2,1-4H3/q+1/i13D2. The van der Waals surface area contributed by atoms with E-state index in [1.165, 1.54) is 0 Å². The largest absolute Gasteiger partial charge is 0.454 e. The Balaban J connectivity index is 2.12. The molecule has 0 bridgehead atoms. The van der Waals surface area contributed by atoms with Gasteiger partial charge in [0.1, 0.15) is 18.7 Å². The van der Waals surface area contributed by atoms with E-state index in [1.807, 2.05) is 68.9 Å². The van der Waals surface area contributed by atoms with Crippen LogP contribution in [0.25, 0.3) is 33.2 Å². The molecular formula is C24H23N2O+. The van der Waals surface area contributed by atoms with E-state index < -0.39 is 6.37 Å². The van der Waals surface area contributed by atoms with Crippen LogP contribution in [0.4, 0.5) is 0 Å². The number of fused-ring (bicyclic) bond motifs is 3. The predicted octanol–water partition coefficient (Wildman–Crippen LogP) is 5.46. The molecule has 2 aromatic heterocycles. The van der Waals surface area contributed by atoms with E-state index >= 15 is 0 Å². The molecule has 3 heteroatoms. The van der Waals surface area contributed by atoms with Gasteiger partial charge in [0.05, 0.1) is 11.1 Å². The number of aryl methyl sites for hydroxylation is 2. The molecule has 0 aliphatic rings. The summed E-state index contributed by atoms with van der Waals surface area (Å²) in [6.07, 6.45) is 0.370. The number of furan rings is 1. The van der Waals surface area contributed by atoms with Crippen molar-refractivity contribution >= 4 is 21.9 Å². The van der Waals surface area contributed by atoms with Crippen molar-refractivity contribution in [3.8, 4) is 17.3 Å². The van der Waals surface area contributed by atoms with Crippen LogP contribution >= 0.6 is 0 Å². The highest BCUT2D eigenvalue weighted by molar-refractivity contribution is 6.11. The van der Waals surface area contributed by atoms with Crippen molar-refractivity contribution in [3.63, 3.8) is 0 Å². The third-order valence-electron chi connectivity index (χ3n) is 4.88. The monoisotopic (exact) mass is 357 g/mol. The van der Waals surface area contributed by atoms with Crippen molar-refractivity contribution in [1.82, 2.24) is 0 Å². The number of nitriles is 1. The first-order valence-electron chi connectivity index (χ1n) is 10.1. The molecule has 0 unspecified atom stereocenters. The minimum Gasteiger partial charge on any atom is -0.454 e. The fourth-order valence-electron chi connectivity index (χ4n) is 3.65. The Morgan fingerprint density at radius 3 is 2.56 bits per heavy atom. The average Bonchev–Trinajstić information content (AvgIpc) is 3.06. The van der Waals surface area contributed by atoms with Gasteiger partial charge in [-0.15, -0.1) is 0 Å². The molecule has 134 valence electrons. The zero-order valence-electron chi connectivity index (χ0n) is 18.0. The summed E-state index contributed by atoms with van der Waals surface area (Å²) in [7, 11) is 1.99. The van der Waals surface area contributed by atoms with Crippen molar-refractivity contribution in [2.45, 2.75) is 27.1 Å². The van der Waals surface area contributed by atoms with Crippen LogP contribution in [0, 0.1) is 24.2 Å². The zero-order valence-corrected chi connectivity index (χ0v) is 16.0. The Kier molecular flexibility index (Phi) is 3.64. The van der Waals surface area contributed by atoms with Crippen molar-refractivity contribution in [2.75, 3.05) is 0 Å². The quantitative estimate of drug-likeness (QED) is 0.457. The summed E-state index contributed by atoms with van der Waals surface area (Å²) in [5.41, 5.74) is 4.92. The van der Waals surface area contributed by atoms with Crippen LogP contribution < -0.4 is 4.57 Å². The van der Waals surface area contributed by atoms with Gasteiger partial charge in [-0.25, -0.2) is 4.57 Å². The predicted molar refractivity (Wildman–Crippen MR) is 108 cm³/mol. The number of benzene rings is 2. The molecule has 27 heavy (non-hydrogen) atoms. The molecule has 0 spiro atoms. The first-order valence-corrected chi connectivity index (χ1v) is 9.11. The molecule has 4 aromatic rings. The molecule has 0 aliphatic heterocycles. The average molecular weight is 357 g/mol. The van der Waals surface area contributed by atoms with Gasteiger partial charge in [-0.3, -0.25) is 0 Å². The lowest BCUT2D eigenvalue weighted by atomic mass is 9.95. The molecular weight excluding hydrogens is 332 g/mol. The Morgan fingerprint density at radius 1 is 1.11 bits per heavy atom. The maximum atomic E-state index is 9.89. The summed E-state index contributed by atoms with van der Waals surface area (Å²) < 4.78 is 25.3. The lowest BCUT2D eigenvalue weighted by molar-refractivity contribution is -0.660. The van der Waals surface area contributed by atoms with E-state index in [9.17, 15) is 5.26 Å². The van der Waals surface area contributed by atoms with Gasteiger partial charge in [-0.2, -0.15) is 5.26 Å². The van der Waals surface area contributed by atoms with Crippen LogP contribution in [0.5, 0.6) is 0 Å². The van der Waals surface area contributed by atoms with Crippen LogP contribution in [0.1, 0.15) is 33.3 Å². The number of nitrogens with zero attached hydrogens (tertiary/aromatic N) is 2. The molecule has 3 nitrogen and oxygen atoms in total. The minimum absolute atomic E-state index is 0.266. The molecule has 0 atom stereocenters. The van der Waals surface area contributed by atoms with Crippen LogP contribution in [0.3, 0.4) is 0 Å². The highest BCUT2D eigenvalue weighted by Gasteiger charge is 2.22. The molecule has 0 amide bonds.